The normalized spacial score (nSPS) is 13.3. The fourth-order valence-corrected chi connectivity index (χ4v) is 6.71. The number of hydrogen-bond donors (Lipinski definition) is 4. The van der Waals surface area contributed by atoms with E-state index in [1.54, 1.807) is 41.5 Å². The van der Waals surface area contributed by atoms with E-state index in [1.165, 1.54) is 11.8 Å². The van der Waals surface area contributed by atoms with Gasteiger partial charge in [0, 0.05) is 12.3 Å². The first kappa shape index (κ1) is 40.3. The number of guanidine groups is 1. The zero-order valence-corrected chi connectivity index (χ0v) is 30.7. The van der Waals surface area contributed by atoms with Crippen molar-refractivity contribution >= 4 is 35.7 Å². The number of ether oxygens (including phenoxy) is 2. The van der Waals surface area contributed by atoms with E-state index in [2.05, 4.69) is 21.1 Å². The molecular formula is C37H48N6O7S. The maximum Gasteiger partial charge on any atom is 0.408 e. The van der Waals surface area contributed by atoms with Gasteiger partial charge in [-0.05, 0) is 71.1 Å². The quantitative estimate of drug-likeness (QED) is 0.0305. The van der Waals surface area contributed by atoms with Crippen molar-refractivity contribution in [3.05, 3.63) is 118 Å². The van der Waals surface area contributed by atoms with Crippen molar-refractivity contribution < 1.29 is 28.9 Å². The molecule has 3 aromatic carbocycles. The average molecular weight is 721 g/mol. The summed E-state index contributed by atoms with van der Waals surface area (Å²) in [5.41, 5.74) is 6.71. The summed E-state index contributed by atoms with van der Waals surface area (Å²) in [6.07, 6.45) is -0.448. The fraction of sp³-hybridized carbons (Fsp3) is 0.405. The summed E-state index contributed by atoms with van der Waals surface area (Å²) in [5.74, 6) is -1.64. The molecule has 0 radical (unpaired) electrons. The monoisotopic (exact) mass is 720 g/mol. The standard InChI is InChI=1S/C37H48N6O7S/c1-35(2,3)49-32(45)29(23-16-24-39-33(38)42-43(47)48)40-31(44)30(41-34(46)50-36(4,5)6)25-51-37(26-17-10-7-11-18-26,27-19-12-8-13-20-27)28-21-14-9-15-22-28/h7-15,17-22,29-30H,16,23-25H2,1-6H3,(H,40,44)(H,41,46)(H3,38,39,42). The van der Waals surface area contributed by atoms with Gasteiger partial charge in [0.25, 0.3) is 5.96 Å². The molecule has 14 heteroatoms. The molecule has 5 N–H and O–H groups in total. The van der Waals surface area contributed by atoms with Gasteiger partial charge in [0.1, 0.15) is 28.4 Å². The molecule has 0 saturated carbocycles. The lowest BCUT2D eigenvalue weighted by molar-refractivity contribution is -0.485. The Labute approximate surface area is 303 Å². The summed E-state index contributed by atoms with van der Waals surface area (Å²) in [4.78, 5) is 51.3. The van der Waals surface area contributed by atoms with Crippen LogP contribution >= 0.6 is 11.8 Å². The van der Waals surface area contributed by atoms with Crippen molar-refractivity contribution in [1.29, 1.82) is 0 Å². The molecule has 0 spiro atoms. The molecule has 2 unspecified atom stereocenters. The Kier molecular flexibility index (Phi) is 14.4. The maximum absolute atomic E-state index is 14.2. The van der Waals surface area contributed by atoms with E-state index < -0.39 is 57.0 Å². The highest BCUT2D eigenvalue weighted by Crippen LogP contribution is 2.48. The summed E-state index contributed by atoms with van der Waals surface area (Å²) < 4.78 is 10.4. The molecule has 2 atom stereocenters. The van der Waals surface area contributed by atoms with Crippen LogP contribution in [-0.4, -0.2) is 64.5 Å². The number of carbonyl (C=O) groups excluding carboxylic acids is 3. The van der Waals surface area contributed by atoms with Crippen LogP contribution in [0.2, 0.25) is 0 Å². The summed E-state index contributed by atoms with van der Waals surface area (Å²) >= 11 is 1.46. The number of rotatable bonds is 15. The molecule has 2 amide bonds. The lowest BCUT2D eigenvalue weighted by Crippen LogP contribution is -2.54. The van der Waals surface area contributed by atoms with Crippen molar-refractivity contribution in [2.75, 3.05) is 12.3 Å². The minimum atomic E-state index is -1.16. The number of nitrogens with zero attached hydrogens (tertiary/aromatic N) is 2. The zero-order valence-electron chi connectivity index (χ0n) is 29.9. The van der Waals surface area contributed by atoms with Crippen LogP contribution in [0.1, 0.15) is 71.1 Å². The maximum atomic E-state index is 14.2. The summed E-state index contributed by atoms with van der Waals surface area (Å²) in [6.45, 7) is 10.4. The van der Waals surface area contributed by atoms with Crippen molar-refractivity contribution in [3.63, 3.8) is 0 Å². The smallest absolute Gasteiger partial charge is 0.408 e. The Balaban J connectivity index is 2.00. The van der Waals surface area contributed by atoms with Crippen molar-refractivity contribution in [2.45, 2.75) is 82.4 Å². The molecule has 3 aromatic rings. The second-order valence-electron chi connectivity index (χ2n) is 13.7. The van der Waals surface area contributed by atoms with Gasteiger partial charge in [-0.1, -0.05) is 91.0 Å². The molecule has 274 valence electrons. The van der Waals surface area contributed by atoms with Crippen LogP contribution in [0.15, 0.2) is 96.1 Å². The van der Waals surface area contributed by atoms with Gasteiger partial charge in [0.15, 0.2) is 5.03 Å². The highest BCUT2D eigenvalue weighted by molar-refractivity contribution is 8.00. The number of alkyl carbamates (subject to hydrolysis) is 1. The van der Waals surface area contributed by atoms with E-state index >= 15 is 0 Å². The molecule has 0 aliphatic heterocycles. The number of nitrogens with one attached hydrogen (secondary N) is 3. The highest BCUT2D eigenvalue weighted by Gasteiger charge is 2.39. The first-order chi connectivity index (χ1) is 24.0. The minimum absolute atomic E-state index is 0.0697. The van der Waals surface area contributed by atoms with Crippen molar-refractivity contribution in [3.8, 4) is 0 Å². The number of esters is 1. The van der Waals surface area contributed by atoms with Crippen LogP contribution in [0.5, 0.6) is 0 Å². The Morgan fingerprint density at radius 3 is 1.69 bits per heavy atom. The van der Waals surface area contributed by atoms with Crippen LogP contribution in [0, 0.1) is 10.1 Å². The third-order valence-corrected chi connectivity index (χ3v) is 8.83. The zero-order chi connectivity index (χ0) is 37.7. The molecule has 0 bridgehead atoms. The van der Waals surface area contributed by atoms with Gasteiger partial charge in [-0.25, -0.2) is 19.7 Å². The molecule has 0 saturated heterocycles. The number of hydrazone groups is 1. The minimum Gasteiger partial charge on any atom is -0.458 e. The molecule has 0 fully saturated rings. The third-order valence-electron chi connectivity index (χ3n) is 7.19. The Bertz CT molecular complexity index is 1530. The van der Waals surface area contributed by atoms with Gasteiger partial charge in [0.05, 0.1) is 4.75 Å². The Hall–Kier alpha value is -5.11. The number of nitro groups is 1. The van der Waals surface area contributed by atoms with E-state index in [9.17, 15) is 24.5 Å². The summed E-state index contributed by atoms with van der Waals surface area (Å²) in [6, 6.07) is 27.4. The predicted octanol–water partition coefficient (Wildman–Crippen LogP) is 5.31. The predicted molar refractivity (Wildman–Crippen MR) is 198 cm³/mol. The van der Waals surface area contributed by atoms with Gasteiger partial charge < -0.3 is 31.2 Å². The number of amides is 2. The fourth-order valence-electron chi connectivity index (χ4n) is 5.15. The second-order valence-corrected chi connectivity index (χ2v) is 14.9. The van der Waals surface area contributed by atoms with Crippen LogP contribution in [0.4, 0.5) is 4.79 Å². The van der Waals surface area contributed by atoms with Gasteiger partial charge in [-0.3, -0.25) is 4.79 Å². The molecule has 51 heavy (non-hydrogen) atoms. The van der Waals surface area contributed by atoms with Gasteiger partial charge in [0.2, 0.25) is 5.91 Å². The van der Waals surface area contributed by atoms with Crippen LogP contribution in [-0.2, 0) is 23.8 Å². The Morgan fingerprint density at radius 2 is 1.25 bits per heavy atom. The van der Waals surface area contributed by atoms with Gasteiger partial charge in [-0.15, -0.1) is 11.8 Å². The largest absolute Gasteiger partial charge is 0.458 e. The van der Waals surface area contributed by atoms with Crippen molar-refractivity contribution in [2.24, 2.45) is 10.8 Å². The van der Waals surface area contributed by atoms with Crippen LogP contribution in [0.25, 0.3) is 0 Å². The topological polar surface area (TPSA) is 187 Å². The van der Waals surface area contributed by atoms with Gasteiger partial charge >= 0.3 is 12.1 Å². The lowest BCUT2D eigenvalue weighted by Gasteiger charge is -2.36. The van der Waals surface area contributed by atoms with Crippen LogP contribution in [0.3, 0.4) is 0 Å². The molecule has 0 aromatic heterocycles. The molecule has 0 heterocycles. The summed E-state index contributed by atoms with van der Waals surface area (Å²) in [7, 11) is 0. The molecule has 0 aliphatic carbocycles. The van der Waals surface area contributed by atoms with E-state index in [4.69, 9.17) is 15.2 Å². The Morgan fingerprint density at radius 1 is 0.784 bits per heavy atom. The van der Waals surface area contributed by atoms with E-state index in [1.807, 2.05) is 91.0 Å². The van der Waals surface area contributed by atoms with E-state index in [0.29, 0.717) is 0 Å². The first-order valence-corrected chi connectivity index (χ1v) is 17.5. The number of nitrogens with two attached hydrogens (primary N) is 1. The van der Waals surface area contributed by atoms with Crippen molar-refractivity contribution in [1.82, 2.24) is 16.0 Å². The number of benzene rings is 3. The molecule has 0 aliphatic rings. The second kappa shape index (κ2) is 18.2. The lowest BCUT2D eigenvalue weighted by atomic mass is 9.84. The van der Waals surface area contributed by atoms with E-state index in [-0.39, 0.29) is 25.1 Å². The first-order valence-electron chi connectivity index (χ1n) is 16.6. The number of hydrogen-bond acceptors (Lipinski definition) is 8. The van der Waals surface area contributed by atoms with Crippen LogP contribution < -0.4 is 21.7 Å². The SMILES string of the molecule is CC(C)(C)OC(=O)NC(CSC(c1ccccc1)(c1ccccc1)c1ccccc1)C(=O)NC(CCCN/C(N)=N/[N+](=O)[O-])C(=O)OC(C)(C)C. The molecule has 3 rings (SSSR count). The van der Waals surface area contributed by atoms with Gasteiger partial charge in [-0.2, -0.15) is 0 Å². The average Bonchev–Trinajstić information content (AvgIpc) is 3.05. The highest BCUT2D eigenvalue weighted by atomic mass is 32.2. The third kappa shape index (κ3) is 12.9. The molecule has 13 nitrogen and oxygen atoms in total. The van der Waals surface area contributed by atoms with E-state index in [0.717, 1.165) is 16.7 Å². The summed E-state index contributed by atoms with van der Waals surface area (Å²) in [5, 5.41) is 20.8. The number of carbonyl (C=O) groups is 3. The number of thioether (sulfide) groups is 1. The molecular weight excluding hydrogens is 673 g/mol.